The fourth-order valence-corrected chi connectivity index (χ4v) is 8.39. The van der Waals surface area contributed by atoms with Crippen molar-refractivity contribution in [1.82, 2.24) is 0 Å². The van der Waals surface area contributed by atoms with Crippen molar-refractivity contribution < 1.29 is 66.5 Å². The summed E-state index contributed by atoms with van der Waals surface area (Å²) < 4.78 is 37.8. The van der Waals surface area contributed by atoms with E-state index in [1.807, 2.05) is 6.92 Å². The van der Waals surface area contributed by atoms with Crippen LogP contribution in [0.2, 0.25) is 0 Å². The van der Waals surface area contributed by atoms with Gasteiger partial charge in [0.2, 0.25) is 10.4 Å². The molecule has 0 aromatic carbocycles. The van der Waals surface area contributed by atoms with E-state index in [1.165, 1.54) is 0 Å². The Hall–Kier alpha value is 0.130. The summed E-state index contributed by atoms with van der Waals surface area (Å²) in [5.74, 6) is -0.589. The van der Waals surface area contributed by atoms with E-state index in [4.69, 9.17) is 4.18 Å². The number of carbonyl (C=O) groups excluding carboxylic acids is 2. The molecule has 0 aromatic heterocycles. The van der Waals surface area contributed by atoms with E-state index in [1.54, 1.807) is 0 Å². The first-order valence-corrected chi connectivity index (χ1v) is 12.2. The maximum atomic E-state index is 13.5. The molecule has 10 heteroatoms. The Labute approximate surface area is 205 Å². The van der Waals surface area contributed by atoms with Gasteiger partial charge in [0.25, 0.3) is 0 Å². The third-order valence-electron chi connectivity index (χ3n) is 9.32. The second kappa shape index (κ2) is 8.41. The second-order valence-corrected chi connectivity index (χ2v) is 11.5. The fourth-order valence-electron chi connectivity index (χ4n) is 7.88. The molecule has 0 unspecified atom stereocenters. The number of hydrogen-bond acceptors (Lipinski definition) is 8. The van der Waals surface area contributed by atoms with E-state index in [0.717, 1.165) is 12.8 Å². The molecule has 0 radical (unpaired) electrons. The van der Waals surface area contributed by atoms with Crippen molar-refractivity contribution in [2.45, 2.75) is 76.9 Å². The maximum absolute atomic E-state index is 13.5. The molecule has 4 aliphatic carbocycles. The van der Waals surface area contributed by atoms with Crippen LogP contribution in [-0.4, -0.2) is 53.1 Å². The van der Waals surface area contributed by atoms with E-state index in [9.17, 15) is 32.8 Å². The maximum Gasteiger partial charge on any atom is 1.00 e. The van der Waals surface area contributed by atoms with Crippen LogP contribution in [0.1, 0.15) is 65.2 Å². The molecule has 170 valence electrons. The molecule has 2 N–H and O–H groups in total. The van der Waals surface area contributed by atoms with Crippen LogP contribution in [0.15, 0.2) is 0 Å². The fraction of sp³-hybridized carbons (Fsp3) is 0.905. The summed E-state index contributed by atoms with van der Waals surface area (Å²) >= 11 is 0. The zero-order valence-corrected chi connectivity index (χ0v) is 21.3. The van der Waals surface area contributed by atoms with Gasteiger partial charge >= 0.3 is 29.6 Å². The minimum Gasteiger partial charge on any atom is -0.726 e. The molecular formula is C21H31NaO8S. The molecule has 0 heterocycles. The summed E-state index contributed by atoms with van der Waals surface area (Å²) in [4.78, 5) is 25.9. The van der Waals surface area contributed by atoms with Crippen LogP contribution < -0.4 is 29.6 Å². The van der Waals surface area contributed by atoms with Crippen LogP contribution in [0.5, 0.6) is 0 Å². The molecule has 0 saturated heterocycles. The Bertz CT molecular complexity index is 861. The number of rotatable bonds is 4. The zero-order chi connectivity index (χ0) is 22.1. The SMILES string of the molecule is C[C@]12CC[C@@H](OS(=O)(=O)[O-])C[C@H]1CC[C@@H]1[C@@H]2C(=O)C[C@@]2(C)[C@H]1CC[C@]2(O)C(=O)CO.[Na+]. The first-order valence-electron chi connectivity index (χ1n) is 10.9. The quantitative estimate of drug-likeness (QED) is 0.285. The van der Waals surface area contributed by atoms with Crippen LogP contribution in [-0.2, 0) is 24.2 Å². The average molecular weight is 467 g/mol. The molecule has 0 amide bonds. The smallest absolute Gasteiger partial charge is 0.726 e. The third-order valence-corrected chi connectivity index (χ3v) is 9.82. The van der Waals surface area contributed by atoms with Crippen molar-refractivity contribution in [2.24, 2.45) is 34.5 Å². The van der Waals surface area contributed by atoms with Gasteiger partial charge in [-0.1, -0.05) is 13.8 Å². The van der Waals surface area contributed by atoms with Crippen molar-refractivity contribution in [3.8, 4) is 0 Å². The van der Waals surface area contributed by atoms with Gasteiger partial charge in [0.15, 0.2) is 5.78 Å². The van der Waals surface area contributed by atoms with E-state index < -0.39 is 39.9 Å². The van der Waals surface area contributed by atoms with Crippen LogP contribution in [0.4, 0.5) is 0 Å². The Kier molecular flexibility index (Phi) is 6.99. The van der Waals surface area contributed by atoms with Gasteiger partial charge in [0, 0.05) is 17.8 Å². The molecule has 4 rings (SSSR count). The van der Waals surface area contributed by atoms with Gasteiger partial charge in [-0.3, -0.25) is 13.8 Å². The van der Waals surface area contributed by atoms with Crippen LogP contribution in [0.3, 0.4) is 0 Å². The zero-order valence-electron chi connectivity index (χ0n) is 18.5. The summed E-state index contributed by atoms with van der Waals surface area (Å²) in [6, 6.07) is 0. The minimum absolute atomic E-state index is 0. The Morgan fingerprint density at radius 2 is 1.87 bits per heavy atom. The minimum atomic E-state index is -4.76. The normalized spacial score (nSPS) is 47.0. The summed E-state index contributed by atoms with van der Waals surface area (Å²) in [6.07, 6.45) is 3.41. The Morgan fingerprint density at radius 3 is 2.48 bits per heavy atom. The number of ketones is 2. The van der Waals surface area contributed by atoms with Gasteiger partial charge in [-0.2, -0.15) is 0 Å². The van der Waals surface area contributed by atoms with Gasteiger partial charge in [-0.25, -0.2) is 8.42 Å². The van der Waals surface area contributed by atoms with Crippen molar-refractivity contribution in [3.63, 3.8) is 0 Å². The summed E-state index contributed by atoms with van der Waals surface area (Å²) in [5, 5.41) is 20.6. The van der Waals surface area contributed by atoms with E-state index >= 15 is 0 Å². The predicted octanol–water partition coefficient (Wildman–Crippen LogP) is -1.65. The van der Waals surface area contributed by atoms with Crippen molar-refractivity contribution in [3.05, 3.63) is 0 Å². The van der Waals surface area contributed by atoms with Gasteiger partial charge in [0.05, 0.1) is 6.10 Å². The number of Topliss-reactive ketones (excluding diaryl/α,β-unsaturated/α-hetero) is 2. The van der Waals surface area contributed by atoms with Gasteiger partial charge in [-0.15, -0.1) is 0 Å². The first kappa shape index (κ1) is 25.7. The average Bonchev–Trinajstić information content (AvgIpc) is 2.91. The number of aliphatic hydroxyl groups excluding tert-OH is 1. The molecule has 0 aromatic rings. The van der Waals surface area contributed by atoms with Crippen molar-refractivity contribution >= 4 is 22.0 Å². The van der Waals surface area contributed by atoms with Crippen LogP contribution >= 0.6 is 0 Å². The van der Waals surface area contributed by atoms with Crippen LogP contribution in [0, 0.1) is 34.5 Å². The monoisotopic (exact) mass is 466 g/mol. The topological polar surface area (TPSA) is 141 Å². The number of aliphatic hydroxyl groups is 2. The Morgan fingerprint density at radius 1 is 1.19 bits per heavy atom. The largest absolute Gasteiger partial charge is 1.00 e. The molecular weight excluding hydrogens is 435 g/mol. The molecule has 4 aliphatic rings. The van der Waals surface area contributed by atoms with E-state index in [0.29, 0.717) is 25.7 Å². The first-order chi connectivity index (χ1) is 13.9. The van der Waals surface area contributed by atoms with E-state index in [2.05, 4.69) is 6.92 Å². The molecule has 31 heavy (non-hydrogen) atoms. The second-order valence-electron chi connectivity index (χ2n) is 10.5. The molecule has 4 fully saturated rings. The van der Waals surface area contributed by atoms with Gasteiger partial charge in [-0.05, 0) is 68.1 Å². The van der Waals surface area contributed by atoms with Crippen molar-refractivity contribution in [2.75, 3.05) is 6.61 Å². The van der Waals surface area contributed by atoms with Crippen molar-refractivity contribution in [1.29, 1.82) is 0 Å². The summed E-state index contributed by atoms with van der Waals surface area (Å²) in [6.45, 7) is 3.19. The molecule has 4 saturated carbocycles. The summed E-state index contributed by atoms with van der Waals surface area (Å²) in [7, 11) is -4.76. The molecule has 0 bridgehead atoms. The standard InChI is InChI=1S/C21H32O8S.Na/c1-19-7-5-13(29-30(26,27)28)9-12(19)3-4-14-15-6-8-21(25,17(24)11-22)20(15,2)10-16(23)18(14)19;/h12-15,18,22,25H,3-11H2,1-2H3,(H,26,27,28);/q;+1/p-1/t12-,13-,14+,15+,18-,19+,20+,21+;/m1./s1. The molecule has 0 spiro atoms. The summed E-state index contributed by atoms with van der Waals surface area (Å²) in [5.41, 5.74) is -2.85. The molecule has 0 aliphatic heterocycles. The van der Waals surface area contributed by atoms with Gasteiger partial charge in [0.1, 0.15) is 18.0 Å². The van der Waals surface area contributed by atoms with Crippen LogP contribution in [0.25, 0.3) is 0 Å². The number of fused-ring (bicyclic) bond motifs is 5. The molecule has 8 atom stereocenters. The third kappa shape index (κ3) is 3.91. The van der Waals surface area contributed by atoms with E-state index in [-0.39, 0.29) is 77.3 Å². The number of hydrogen-bond donors (Lipinski definition) is 2. The number of carbonyl (C=O) groups is 2. The Balaban J connectivity index is 0.00000272. The van der Waals surface area contributed by atoms with Gasteiger partial charge < -0.3 is 14.8 Å². The molecule has 8 nitrogen and oxygen atoms in total. The predicted molar refractivity (Wildman–Crippen MR) is 104 cm³/mol.